The highest BCUT2D eigenvalue weighted by Crippen LogP contribution is 2.31. The number of likely N-dealkylation sites (tertiary alicyclic amines) is 1. The molecule has 2 aliphatic rings. The summed E-state index contributed by atoms with van der Waals surface area (Å²) in [5, 5.41) is 4.06. The van der Waals surface area contributed by atoms with Crippen LogP contribution >= 0.6 is 11.8 Å². The number of nitrogens with zero attached hydrogens (tertiary/aromatic N) is 5. The molecule has 1 aromatic carbocycles. The van der Waals surface area contributed by atoms with Crippen LogP contribution in [0.25, 0.3) is 0 Å². The summed E-state index contributed by atoms with van der Waals surface area (Å²) in [6.07, 6.45) is 5.98. The monoisotopic (exact) mass is 443 g/mol. The van der Waals surface area contributed by atoms with Gasteiger partial charge in [-0.3, -0.25) is 14.3 Å². The predicted octanol–water partition coefficient (Wildman–Crippen LogP) is 2.07. The number of thioether (sulfide) groups is 1. The Morgan fingerprint density at radius 3 is 2.61 bits per heavy atom. The first-order chi connectivity index (χ1) is 15.1. The molecule has 0 unspecified atom stereocenters. The maximum Gasteiger partial charge on any atom is 0.233 e. The van der Waals surface area contributed by atoms with Gasteiger partial charge in [-0.2, -0.15) is 5.10 Å². The molecular formula is C22H29N5O3S. The number of hydrogen-bond donors (Lipinski definition) is 0. The van der Waals surface area contributed by atoms with Crippen molar-refractivity contribution >= 4 is 23.6 Å². The Hall–Kier alpha value is -2.39. The summed E-state index contributed by atoms with van der Waals surface area (Å²) < 4.78 is 7.90. The van der Waals surface area contributed by atoms with E-state index in [9.17, 15) is 9.59 Å². The molecule has 2 fully saturated rings. The first kappa shape index (κ1) is 21.8. The van der Waals surface area contributed by atoms with Crippen LogP contribution in [0.4, 0.5) is 0 Å². The van der Waals surface area contributed by atoms with Crippen LogP contribution in [0.1, 0.15) is 25.7 Å². The highest BCUT2D eigenvalue weighted by molar-refractivity contribution is 8.00. The third kappa shape index (κ3) is 5.86. The molecule has 0 aliphatic carbocycles. The second-order valence-electron chi connectivity index (χ2n) is 8.09. The number of ether oxygens (including phenoxy) is 1. The van der Waals surface area contributed by atoms with E-state index in [1.165, 1.54) is 6.33 Å². The first-order valence-corrected chi connectivity index (χ1v) is 11.8. The van der Waals surface area contributed by atoms with Crippen LogP contribution in [0.2, 0.25) is 0 Å². The summed E-state index contributed by atoms with van der Waals surface area (Å²) in [6, 6.07) is 10.0. The van der Waals surface area contributed by atoms with Crippen molar-refractivity contribution in [3.05, 3.63) is 43.0 Å². The largest absolute Gasteiger partial charge is 0.371 e. The minimum Gasteiger partial charge on any atom is -0.371 e. The molecule has 1 aromatic heterocycles. The van der Waals surface area contributed by atoms with Crippen molar-refractivity contribution in [2.75, 3.05) is 38.5 Å². The van der Waals surface area contributed by atoms with Crippen molar-refractivity contribution in [3.8, 4) is 0 Å². The van der Waals surface area contributed by atoms with E-state index in [0.717, 1.165) is 24.2 Å². The lowest BCUT2D eigenvalue weighted by Gasteiger charge is -2.47. The maximum atomic E-state index is 12.8. The molecule has 8 nitrogen and oxygen atoms in total. The Morgan fingerprint density at radius 1 is 1.06 bits per heavy atom. The summed E-state index contributed by atoms with van der Waals surface area (Å²) >= 11 is 1.57. The second kappa shape index (κ2) is 10.3. The molecule has 3 heterocycles. The fraction of sp³-hybridized carbons (Fsp3) is 0.545. The third-order valence-corrected chi connectivity index (χ3v) is 6.98. The summed E-state index contributed by atoms with van der Waals surface area (Å²) in [5.74, 6) is 0.775. The summed E-state index contributed by atoms with van der Waals surface area (Å²) in [6.45, 7) is 3.89. The van der Waals surface area contributed by atoms with E-state index in [0.29, 0.717) is 51.5 Å². The van der Waals surface area contributed by atoms with E-state index < -0.39 is 0 Å². The van der Waals surface area contributed by atoms with Crippen molar-refractivity contribution < 1.29 is 14.3 Å². The molecule has 0 saturated carbocycles. The number of carbonyl (C=O) groups is 2. The average Bonchev–Trinajstić information content (AvgIpc) is 3.32. The zero-order valence-electron chi connectivity index (χ0n) is 17.7. The highest BCUT2D eigenvalue weighted by atomic mass is 32.2. The van der Waals surface area contributed by atoms with Gasteiger partial charge in [0, 0.05) is 44.0 Å². The maximum absolute atomic E-state index is 12.8. The number of aryl methyl sites for hydroxylation is 1. The number of aromatic nitrogens is 3. The summed E-state index contributed by atoms with van der Waals surface area (Å²) in [7, 11) is 0. The van der Waals surface area contributed by atoms with E-state index in [1.54, 1.807) is 22.8 Å². The van der Waals surface area contributed by atoms with Gasteiger partial charge in [-0.25, -0.2) is 4.98 Å². The number of hydrogen-bond acceptors (Lipinski definition) is 6. The fourth-order valence-electron chi connectivity index (χ4n) is 4.18. The molecule has 2 aromatic rings. The van der Waals surface area contributed by atoms with E-state index in [4.69, 9.17) is 4.74 Å². The molecule has 1 spiro atoms. The van der Waals surface area contributed by atoms with E-state index >= 15 is 0 Å². The lowest BCUT2D eigenvalue weighted by molar-refractivity contribution is -0.161. The van der Waals surface area contributed by atoms with Gasteiger partial charge >= 0.3 is 0 Å². The minimum absolute atomic E-state index is 0.156. The van der Waals surface area contributed by atoms with Crippen molar-refractivity contribution in [2.45, 2.75) is 42.7 Å². The van der Waals surface area contributed by atoms with Gasteiger partial charge in [0.05, 0.1) is 18.0 Å². The van der Waals surface area contributed by atoms with Gasteiger partial charge in [0.25, 0.3) is 0 Å². The van der Waals surface area contributed by atoms with Crippen LogP contribution in [0.3, 0.4) is 0 Å². The third-order valence-electron chi connectivity index (χ3n) is 5.98. The molecule has 0 bridgehead atoms. The molecular weight excluding hydrogens is 414 g/mol. The van der Waals surface area contributed by atoms with Crippen LogP contribution in [-0.2, 0) is 20.9 Å². The normalized spacial score (nSPS) is 18.3. The Labute approximate surface area is 186 Å². The molecule has 31 heavy (non-hydrogen) atoms. The molecule has 166 valence electrons. The molecule has 2 saturated heterocycles. The molecule has 0 N–H and O–H groups in total. The van der Waals surface area contributed by atoms with Gasteiger partial charge in [-0.1, -0.05) is 18.2 Å². The van der Waals surface area contributed by atoms with Crippen LogP contribution in [0, 0.1) is 0 Å². The summed E-state index contributed by atoms with van der Waals surface area (Å²) in [4.78, 5) is 34.2. The lowest BCUT2D eigenvalue weighted by Crippen LogP contribution is -2.58. The molecule has 2 aliphatic heterocycles. The second-order valence-corrected chi connectivity index (χ2v) is 9.14. The average molecular weight is 444 g/mol. The van der Waals surface area contributed by atoms with Gasteiger partial charge < -0.3 is 14.5 Å². The number of piperidine rings is 1. The van der Waals surface area contributed by atoms with Crippen molar-refractivity contribution in [1.82, 2.24) is 24.6 Å². The Balaban J connectivity index is 1.22. The molecule has 0 radical (unpaired) electrons. The first-order valence-electron chi connectivity index (χ1n) is 10.8. The Kier molecular flexibility index (Phi) is 7.24. The molecule has 0 atom stereocenters. The van der Waals surface area contributed by atoms with Crippen molar-refractivity contribution in [1.29, 1.82) is 0 Å². The highest BCUT2D eigenvalue weighted by Gasteiger charge is 2.41. The molecule has 4 rings (SSSR count). The van der Waals surface area contributed by atoms with E-state index in [2.05, 4.69) is 10.1 Å². The minimum atomic E-state index is -0.317. The smallest absolute Gasteiger partial charge is 0.233 e. The van der Waals surface area contributed by atoms with Crippen LogP contribution in [0.15, 0.2) is 47.9 Å². The number of carbonyl (C=O) groups excluding carboxylic acids is 2. The fourth-order valence-corrected chi connectivity index (χ4v) is 5.00. The van der Waals surface area contributed by atoms with Crippen LogP contribution < -0.4 is 0 Å². The Morgan fingerprint density at radius 2 is 1.87 bits per heavy atom. The van der Waals surface area contributed by atoms with Gasteiger partial charge in [0.15, 0.2) is 0 Å². The topological polar surface area (TPSA) is 80.6 Å². The number of morpholine rings is 1. The van der Waals surface area contributed by atoms with Gasteiger partial charge in [-0.15, -0.1) is 11.8 Å². The number of benzene rings is 1. The lowest BCUT2D eigenvalue weighted by atomic mass is 9.89. The zero-order valence-corrected chi connectivity index (χ0v) is 18.5. The number of amides is 2. The van der Waals surface area contributed by atoms with Gasteiger partial charge in [-0.05, 0) is 31.4 Å². The molecule has 9 heteroatoms. The number of rotatable bonds is 7. The Bertz CT molecular complexity index is 853. The molecule has 2 amide bonds. The van der Waals surface area contributed by atoms with E-state index in [1.807, 2.05) is 40.1 Å². The van der Waals surface area contributed by atoms with E-state index in [-0.39, 0.29) is 17.4 Å². The van der Waals surface area contributed by atoms with Crippen LogP contribution in [-0.4, -0.2) is 80.5 Å². The van der Waals surface area contributed by atoms with Crippen LogP contribution in [0.5, 0.6) is 0 Å². The van der Waals surface area contributed by atoms with Gasteiger partial charge in [0.2, 0.25) is 11.8 Å². The van der Waals surface area contributed by atoms with Crippen molar-refractivity contribution in [3.63, 3.8) is 0 Å². The zero-order chi connectivity index (χ0) is 21.5. The SMILES string of the molecule is O=C(CCCn1cncn1)N1CCC2(CC1)CN(C(=O)CSc1ccccc1)CCO2. The summed E-state index contributed by atoms with van der Waals surface area (Å²) in [5.41, 5.74) is -0.317. The standard InChI is InChI=1S/C22H29N5O3S/c28-20(7-4-10-27-18-23-17-24-27)25-11-8-22(9-12-25)16-26(13-14-30-22)21(29)15-31-19-5-2-1-3-6-19/h1-3,5-6,17-18H,4,7-16H2. The van der Waals surface area contributed by atoms with Crippen molar-refractivity contribution in [2.24, 2.45) is 0 Å². The predicted molar refractivity (Wildman–Crippen MR) is 117 cm³/mol. The quantitative estimate of drug-likeness (QED) is 0.610. The van der Waals surface area contributed by atoms with Gasteiger partial charge in [0.1, 0.15) is 12.7 Å².